The Morgan fingerprint density at radius 3 is 2.65 bits per heavy atom. The molecule has 1 fully saturated rings. The number of amides is 1. The number of benzene rings is 1. The van der Waals surface area contributed by atoms with Gasteiger partial charge < -0.3 is 19.5 Å². The second kappa shape index (κ2) is 7.97. The summed E-state index contributed by atoms with van der Waals surface area (Å²) in [6.45, 7) is 3.01. The quantitative estimate of drug-likeness (QED) is 0.866. The summed E-state index contributed by atoms with van der Waals surface area (Å²) in [6, 6.07) is 7.51. The zero-order valence-electron chi connectivity index (χ0n) is 13.5. The average molecular weight is 321 g/mol. The summed E-state index contributed by atoms with van der Waals surface area (Å²) in [4.78, 5) is 25.0. The smallest absolute Gasteiger partial charge is 0.306 e. The first kappa shape index (κ1) is 17.3. The molecule has 1 saturated heterocycles. The summed E-state index contributed by atoms with van der Waals surface area (Å²) >= 11 is 0. The van der Waals surface area contributed by atoms with Crippen LogP contribution in [0, 0.1) is 5.92 Å². The molecule has 0 saturated carbocycles. The molecule has 1 amide bonds. The minimum atomic E-state index is -0.778. The van der Waals surface area contributed by atoms with E-state index in [1.165, 1.54) is 0 Å². The minimum absolute atomic E-state index is 0.0864. The molecule has 1 heterocycles. The van der Waals surface area contributed by atoms with Gasteiger partial charge in [-0.05, 0) is 37.5 Å². The van der Waals surface area contributed by atoms with Crippen molar-refractivity contribution in [3.8, 4) is 5.75 Å². The number of hydrogen-bond donors (Lipinski definition) is 1. The monoisotopic (exact) mass is 321 g/mol. The summed E-state index contributed by atoms with van der Waals surface area (Å²) in [6.07, 6.45) is 0.454. The van der Waals surface area contributed by atoms with E-state index in [0.29, 0.717) is 32.5 Å². The van der Waals surface area contributed by atoms with Crippen LogP contribution in [0.1, 0.15) is 25.3 Å². The van der Waals surface area contributed by atoms with Crippen molar-refractivity contribution in [1.29, 1.82) is 0 Å². The van der Waals surface area contributed by atoms with Crippen LogP contribution in [0.25, 0.3) is 0 Å². The Morgan fingerprint density at radius 1 is 1.35 bits per heavy atom. The lowest BCUT2D eigenvalue weighted by Gasteiger charge is -2.31. The molecule has 2 rings (SSSR count). The van der Waals surface area contributed by atoms with Gasteiger partial charge in [-0.3, -0.25) is 9.59 Å². The van der Waals surface area contributed by atoms with E-state index < -0.39 is 12.1 Å². The molecule has 0 aromatic heterocycles. The van der Waals surface area contributed by atoms with Gasteiger partial charge in [-0.1, -0.05) is 12.1 Å². The maximum atomic E-state index is 12.3. The number of methoxy groups -OCH3 is 1. The molecule has 0 aliphatic carbocycles. The molecule has 6 heteroatoms. The van der Waals surface area contributed by atoms with Gasteiger partial charge in [0.1, 0.15) is 11.9 Å². The Kier molecular flexibility index (Phi) is 5.98. The third-order valence-electron chi connectivity index (χ3n) is 4.14. The highest BCUT2D eigenvalue weighted by molar-refractivity contribution is 5.81. The van der Waals surface area contributed by atoms with E-state index in [4.69, 9.17) is 14.6 Å². The van der Waals surface area contributed by atoms with Gasteiger partial charge in [-0.15, -0.1) is 0 Å². The van der Waals surface area contributed by atoms with Crippen molar-refractivity contribution >= 4 is 11.9 Å². The lowest BCUT2D eigenvalue weighted by Crippen LogP contribution is -2.44. The summed E-state index contributed by atoms with van der Waals surface area (Å²) in [5, 5.41) is 8.99. The normalized spacial score (nSPS) is 16.9. The van der Waals surface area contributed by atoms with Crippen LogP contribution in [0.5, 0.6) is 5.75 Å². The van der Waals surface area contributed by atoms with E-state index in [9.17, 15) is 9.59 Å². The van der Waals surface area contributed by atoms with Gasteiger partial charge in [0, 0.05) is 13.1 Å². The molecule has 1 aliphatic heterocycles. The summed E-state index contributed by atoms with van der Waals surface area (Å²) in [7, 11) is 1.60. The fraction of sp³-hybridized carbons (Fsp3) is 0.529. The number of rotatable bonds is 6. The number of carbonyl (C=O) groups excluding carboxylic acids is 1. The Bertz CT molecular complexity index is 552. The maximum Gasteiger partial charge on any atom is 0.306 e. The van der Waals surface area contributed by atoms with Gasteiger partial charge in [-0.25, -0.2) is 0 Å². The van der Waals surface area contributed by atoms with Gasteiger partial charge in [0.2, 0.25) is 0 Å². The first-order valence-corrected chi connectivity index (χ1v) is 7.77. The number of likely N-dealkylation sites (tertiary alicyclic amines) is 1. The van der Waals surface area contributed by atoms with Crippen molar-refractivity contribution in [3.05, 3.63) is 29.8 Å². The minimum Gasteiger partial charge on any atom is -0.497 e. The number of nitrogens with zero attached hydrogens (tertiary/aromatic N) is 1. The largest absolute Gasteiger partial charge is 0.497 e. The Hall–Kier alpha value is -2.08. The van der Waals surface area contributed by atoms with Crippen LogP contribution in [-0.4, -0.2) is 48.2 Å². The standard InChI is InChI=1S/C17H23NO5/c1-12(23-11-13-4-3-5-15(10-13)22-2)16(19)18-8-6-14(7-9-18)17(20)21/h3-5,10,12,14H,6-9,11H2,1-2H3,(H,20,21). The fourth-order valence-corrected chi connectivity index (χ4v) is 2.66. The van der Waals surface area contributed by atoms with E-state index in [1.807, 2.05) is 24.3 Å². The molecule has 0 spiro atoms. The van der Waals surface area contributed by atoms with Crippen LogP contribution in [-0.2, 0) is 20.9 Å². The molecule has 6 nitrogen and oxygen atoms in total. The number of aliphatic carboxylic acids is 1. The molecule has 1 unspecified atom stereocenters. The van der Waals surface area contributed by atoms with Crippen molar-refractivity contribution in [2.75, 3.05) is 20.2 Å². The average Bonchev–Trinajstić information content (AvgIpc) is 2.59. The van der Waals surface area contributed by atoms with Gasteiger partial charge >= 0.3 is 5.97 Å². The molecular weight excluding hydrogens is 298 g/mol. The Morgan fingerprint density at radius 2 is 2.04 bits per heavy atom. The maximum absolute atomic E-state index is 12.3. The summed E-state index contributed by atoms with van der Waals surface area (Å²) in [5.41, 5.74) is 0.939. The van der Waals surface area contributed by atoms with Crippen LogP contribution in [0.2, 0.25) is 0 Å². The lowest BCUT2D eigenvalue weighted by atomic mass is 9.97. The van der Waals surface area contributed by atoms with Crippen molar-refractivity contribution in [2.24, 2.45) is 5.92 Å². The van der Waals surface area contributed by atoms with E-state index >= 15 is 0 Å². The van der Waals surface area contributed by atoms with Gasteiger partial charge in [-0.2, -0.15) is 0 Å². The SMILES string of the molecule is COc1cccc(COC(C)C(=O)N2CCC(C(=O)O)CC2)c1. The van der Waals surface area contributed by atoms with Crippen molar-refractivity contribution < 1.29 is 24.2 Å². The zero-order chi connectivity index (χ0) is 16.8. The number of carboxylic acids is 1. The third kappa shape index (κ3) is 4.69. The molecule has 126 valence electrons. The van der Waals surface area contributed by atoms with Crippen LogP contribution in [0.4, 0.5) is 0 Å². The molecule has 1 atom stereocenters. The molecule has 23 heavy (non-hydrogen) atoms. The molecule has 1 aromatic carbocycles. The number of ether oxygens (including phenoxy) is 2. The molecule has 0 radical (unpaired) electrons. The Balaban J connectivity index is 1.82. The van der Waals surface area contributed by atoms with E-state index in [-0.39, 0.29) is 11.8 Å². The molecule has 1 aliphatic rings. The molecule has 1 N–H and O–H groups in total. The summed E-state index contributed by atoms with van der Waals surface area (Å²) in [5.74, 6) is -0.455. The van der Waals surface area contributed by atoms with E-state index in [0.717, 1.165) is 11.3 Å². The first-order valence-electron chi connectivity index (χ1n) is 7.77. The highest BCUT2D eigenvalue weighted by Crippen LogP contribution is 2.19. The van der Waals surface area contributed by atoms with Gasteiger partial charge in [0.15, 0.2) is 0 Å². The number of piperidine rings is 1. The fourth-order valence-electron chi connectivity index (χ4n) is 2.66. The third-order valence-corrected chi connectivity index (χ3v) is 4.14. The van der Waals surface area contributed by atoms with Gasteiger partial charge in [0.25, 0.3) is 5.91 Å². The second-order valence-electron chi connectivity index (χ2n) is 5.74. The van der Waals surface area contributed by atoms with Crippen molar-refractivity contribution in [1.82, 2.24) is 4.90 Å². The van der Waals surface area contributed by atoms with Gasteiger partial charge in [0.05, 0.1) is 19.6 Å². The lowest BCUT2D eigenvalue weighted by molar-refractivity contribution is -0.150. The Labute approximate surface area is 136 Å². The predicted molar refractivity (Wildman–Crippen MR) is 84.2 cm³/mol. The molecule has 1 aromatic rings. The van der Waals surface area contributed by atoms with Crippen molar-refractivity contribution in [2.45, 2.75) is 32.5 Å². The van der Waals surface area contributed by atoms with E-state index in [1.54, 1.807) is 18.9 Å². The number of carbonyl (C=O) groups is 2. The van der Waals surface area contributed by atoms with Crippen LogP contribution in [0.15, 0.2) is 24.3 Å². The first-order chi connectivity index (χ1) is 11.0. The number of hydrogen-bond acceptors (Lipinski definition) is 4. The van der Waals surface area contributed by atoms with E-state index in [2.05, 4.69) is 0 Å². The van der Waals surface area contributed by atoms with Crippen LogP contribution in [0.3, 0.4) is 0 Å². The predicted octanol–water partition coefficient (Wildman–Crippen LogP) is 1.92. The van der Waals surface area contributed by atoms with Crippen LogP contribution < -0.4 is 4.74 Å². The topological polar surface area (TPSA) is 76.1 Å². The number of carboxylic acid groups (broad SMARTS) is 1. The van der Waals surface area contributed by atoms with Crippen LogP contribution >= 0.6 is 0 Å². The zero-order valence-corrected chi connectivity index (χ0v) is 13.5. The highest BCUT2D eigenvalue weighted by atomic mass is 16.5. The molecular formula is C17H23NO5. The highest BCUT2D eigenvalue weighted by Gasteiger charge is 2.29. The second-order valence-corrected chi connectivity index (χ2v) is 5.74. The molecule has 0 bridgehead atoms. The summed E-state index contributed by atoms with van der Waals surface area (Å²) < 4.78 is 10.8. The van der Waals surface area contributed by atoms with Crippen molar-refractivity contribution in [3.63, 3.8) is 0 Å².